The first-order valence-electron chi connectivity index (χ1n) is 9.46. The Labute approximate surface area is 177 Å². The average molecular weight is 463 g/mol. The molecule has 1 aromatic heterocycles. The molecule has 2 aromatic rings. The number of ether oxygens (including phenoxy) is 1. The van der Waals surface area contributed by atoms with E-state index in [1.165, 1.54) is 0 Å². The van der Waals surface area contributed by atoms with Gasteiger partial charge in [-0.2, -0.15) is 0 Å². The molecular weight excluding hydrogens is 440 g/mol. The van der Waals surface area contributed by atoms with E-state index in [0.717, 1.165) is 36.0 Å². The molecule has 0 aliphatic heterocycles. The minimum atomic E-state index is -1.14. The number of aromatic nitrogens is 2. The molecule has 0 bridgehead atoms. The van der Waals surface area contributed by atoms with Crippen LogP contribution in [-0.4, -0.2) is 45.6 Å². The summed E-state index contributed by atoms with van der Waals surface area (Å²) < 4.78 is 6.36. The summed E-state index contributed by atoms with van der Waals surface area (Å²) in [6.45, 7) is -0.0813. The minimum Gasteiger partial charge on any atom is -0.478 e. The predicted octanol–water partition coefficient (Wildman–Crippen LogP) is 2.86. The monoisotopic (exact) mass is 462 g/mol. The molecule has 0 spiro atoms. The van der Waals surface area contributed by atoms with E-state index in [-0.39, 0.29) is 24.4 Å². The van der Waals surface area contributed by atoms with E-state index in [1.54, 1.807) is 42.9 Å². The summed E-state index contributed by atoms with van der Waals surface area (Å²) in [5.41, 5.74) is 0. The highest BCUT2D eigenvalue weighted by molar-refractivity contribution is 9.10. The molecule has 29 heavy (non-hydrogen) atoms. The number of nitrogens with one attached hydrogen (secondary N) is 2. The molecule has 1 fully saturated rings. The van der Waals surface area contributed by atoms with Gasteiger partial charge in [-0.05, 0) is 49.9 Å². The van der Waals surface area contributed by atoms with Crippen LogP contribution >= 0.6 is 15.9 Å². The molecule has 1 unspecified atom stereocenters. The lowest BCUT2D eigenvalue weighted by Crippen LogP contribution is -2.43. The molecule has 154 valence electrons. The Morgan fingerprint density at radius 2 is 1.90 bits per heavy atom. The maximum Gasteiger partial charge on any atom is 0.346 e. The Balaban J connectivity index is 1.44. The number of aliphatic carboxylic acids is 1. The van der Waals surface area contributed by atoms with Crippen molar-refractivity contribution in [1.82, 2.24) is 15.3 Å². The van der Waals surface area contributed by atoms with Crippen LogP contribution in [0.1, 0.15) is 25.7 Å². The summed E-state index contributed by atoms with van der Waals surface area (Å²) >= 11 is 3.32. The highest BCUT2D eigenvalue weighted by Gasteiger charge is 2.28. The average Bonchev–Trinajstić information content (AvgIpc) is 2.73. The van der Waals surface area contributed by atoms with Crippen LogP contribution in [0.15, 0.2) is 47.3 Å². The van der Waals surface area contributed by atoms with Gasteiger partial charge in [-0.1, -0.05) is 15.9 Å². The smallest absolute Gasteiger partial charge is 0.346 e. The zero-order valence-corrected chi connectivity index (χ0v) is 17.3. The molecule has 9 heteroatoms. The van der Waals surface area contributed by atoms with E-state index in [1.807, 2.05) is 0 Å². The second-order valence-electron chi connectivity index (χ2n) is 6.93. The molecule has 0 saturated heterocycles. The Morgan fingerprint density at radius 1 is 1.17 bits per heavy atom. The van der Waals surface area contributed by atoms with Gasteiger partial charge < -0.3 is 20.5 Å². The van der Waals surface area contributed by atoms with Crippen molar-refractivity contribution >= 4 is 33.6 Å². The summed E-state index contributed by atoms with van der Waals surface area (Å²) in [4.78, 5) is 32.2. The number of halogens is 1. The van der Waals surface area contributed by atoms with Crippen molar-refractivity contribution in [1.29, 1.82) is 0 Å². The summed E-state index contributed by atoms with van der Waals surface area (Å²) in [5.74, 6) is -0.212. The summed E-state index contributed by atoms with van der Waals surface area (Å²) in [6, 6.07) is 7.13. The lowest BCUT2D eigenvalue weighted by atomic mass is 9.85. The van der Waals surface area contributed by atoms with Crippen LogP contribution in [0.25, 0.3) is 0 Å². The van der Waals surface area contributed by atoms with E-state index in [2.05, 4.69) is 36.5 Å². The second kappa shape index (κ2) is 10.2. The Hall–Kier alpha value is -2.68. The molecule has 1 amide bonds. The van der Waals surface area contributed by atoms with Gasteiger partial charge in [0.2, 0.25) is 12.0 Å². The Bertz CT molecular complexity index is 811. The molecule has 1 aliphatic carbocycles. The zero-order valence-electron chi connectivity index (χ0n) is 15.8. The van der Waals surface area contributed by atoms with Gasteiger partial charge in [-0.15, -0.1) is 0 Å². The van der Waals surface area contributed by atoms with Crippen molar-refractivity contribution in [3.63, 3.8) is 0 Å². The van der Waals surface area contributed by atoms with Crippen molar-refractivity contribution in [3.8, 4) is 5.75 Å². The number of anilines is 1. The molecular formula is C20H23BrN4O4. The van der Waals surface area contributed by atoms with E-state index >= 15 is 0 Å². The number of carbonyl (C=O) groups excluding carboxylic acids is 1. The minimum absolute atomic E-state index is 0.0813. The van der Waals surface area contributed by atoms with E-state index in [9.17, 15) is 14.7 Å². The van der Waals surface area contributed by atoms with Crippen molar-refractivity contribution in [2.45, 2.75) is 37.8 Å². The number of hydrogen-bond donors (Lipinski definition) is 3. The van der Waals surface area contributed by atoms with Crippen LogP contribution < -0.4 is 15.4 Å². The fourth-order valence-electron chi connectivity index (χ4n) is 3.28. The fraction of sp³-hybridized carbons (Fsp3) is 0.400. The van der Waals surface area contributed by atoms with Crippen LogP contribution in [0.4, 0.5) is 5.82 Å². The van der Waals surface area contributed by atoms with Crippen molar-refractivity contribution < 1.29 is 19.4 Å². The van der Waals surface area contributed by atoms with Crippen LogP contribution in [0.5, 0.6) is 5.75 Å². The molecule has 1 saturated carbocycles. The fourth-order valence-corrected chi connectivity index (χ4v) is 3.54. The van der Waals surface area contributed by atoms with Gasteiger partial charge in [0.15, 0.2) is 0 Å². The number of carbonyl (C=O) groups is 2. The quantitative estimate of drug-likeness (QED) is 0.552. The number of rotatable bonds is 8. The van der Waals surface area contributed by atoms with Crippen molar-refractivity contribution in [2.24, 2.45) is 5.92 Å². The number of carboxylic acid groups (broad SMARTS) is 1. The Morgan fingerprint density at radius 3 is 2.52 bits per heavy atom. The summed E-state index contributed by atoms with van der Waals surface area (Å²) in [7, 11) is 0. The molecule has 1 aliphatic rings. The topological polar surface area (TPSA) is 113 Å². The predicted molar refractivity (Wildman–Crippen MR) is 111 cm³/mol. The maximum absolute atomic E-state index is 12.5. The molecule has 3 rings (SSSR count). The van der Waals surface area contributed by atoms with Gasteiger partial charge in [-0.25, -0.2) is 9.78 Å². The highest BCUT2D eigenvalue weighted by Crippen LogP contribution is 2.26. The van der Waals surface area contributed by atoms with Gasteiger partial charge in [0.25, 0.3) is 0 Å². The van der Waals surface area contributed by atoms with Crippen LogP contribution in [0, 0.1) is 5.92 Å². The molecule has 8 nitrogen and oxygen atoms in total. The SMILES string of the molecule is O=C(NCC(Oc1ccc(Br)cc1)C(=O)O)C1CCC(Nc2cnccn2)CC1. The van der Waals surface area contributed by atoms with E-state index in [4.69, 9.17) is 4.74 Å². The summed E-state index contributed by atoms with van der Waals surface area (Å²) in [5, 5.41) is 15.4. The van der Waals surface area contributed by atoms with Crippen molar-refractivity contribution in [2.75, 3.05) is 11.9 Å². The van der Waals surface area contributed by atoms with E-state index in [0.29, 0.717) is 5.75 Å². The molecule has 1 atom stereocenters. The van der Waals surface area contributed by atoms with Gasteiger partial charge in [0.05, 0.1) is 12.7 Å². The van der Waals surface area contributed by atoms with Crippen LogP contribution in [0.3, 0.4) is 0 Å². The lowest BCUT2D eigenvalue weighted by Gasteiger charge is -2.29. The van der Waals surface area contributed by atoms with Gasteiger partial charge in [-0.3, -0.25) is 9.78 Å². The molecule has 3 N–H and O–H groups in total. The van der Waals surface area contributed by atoms with Crippen LogP contribution in [-0.2, 0) is 9.59 Å². The number of amides is 1. The third-order valence-corrected chi connectivity index (χ3v) is 5.37. The van der Waals surface area contributed by atoms with Crippen LogP contribution in [0.2, 0.25) is 0 Å². The number of carboxylic acids is 1. The first-order chi connectivity index (χ1) is 14.0. The highest BCUT2D eigenvalue weighted by atomic mass is 79.9. The van der Waals surface area contributed by atoms with Crippen molar-refractivity contribution in [3.05, 3.63) is 47.3 Å². The third kappa shape index (κ3) is 6.42. The molecule has 1 aromatic carbocycles. The molecule has 1 heterocycles. The lowest BCUT2D eigenvalue weighted by molar-refractivity contribution is -0.145. The normalized spacial score (nSPS) is 19.8. The van der Waals surface area contributed by atoms with Gasteiger partial charge >= 0.3 is 5.97 Å². The van der Waals surface area contributed by atoms with Gasteiger partial charge in [0, 0.05) is 28.8 Å². The third-order valence-electron chi connectivity index (χ3n) is 4.84. The number of hydrogen-bond acceptors (Lipinski definition) is 6. The standard InChI is InChI=1S/C20H23BrN4O4/c21-14-3-7-16(8-4-14)29-17(20(27)28)11-24-19(26)13-1-5-15(6-2-13)25-18-12-22-9-10-23-18/h3-4,7-10,12-13,15,17H,1-2,5-6,11H2,(H,23,25)(H,24,26)(H,27,28). The number of nitrogens with zero attached hydrogens (tertiary/aromatic N) is 2. The first-order valence-corrected chi connectivity index (χ1v) is 10.3. The first kappa shape index (κ1) is 21.0. The zero-order chi connectivity index (χ0) is 20.6. The van der Waals surface area contributed by atoms with E-state index < -0.39 is 12.1 Å². The molecule has 0 radical (unpaired) electrons. The maximum atomic E-state index is 12.5. The largest absolute Gasteiger partial charge is 0.478 e. The van der Waals surface area contributed by atoms with Gasteiger partial charge in [0.1, 0.15) is 11.6 Å². The summed E-state index contributed by atoms with van der Waals surface area (Å²) in [6.07, 6.45) is 6.93. The second-order valence-corrected chi connectivity index (χ2v) is 7.84. The Kier molecular flexibility index (Phi) is 7.40. The number of benzene rings is 1.